The van der Waals surface area contributed by atoms with Gasteiger partial charge in [-0.2, -0.15) is 0 Å². The molecule has 0 aliphatic heterocycles. The summed E-state index contributed by atoms with van der Waals surface area (Å²) in [4.78, 5) is 12.0. The third kappa shape index (κ3) is 5.28. The van der Waals surface area contributed by atoms with E-state index in [9.17, 15) is 9.18 Å². The lowest BCUT2D eigenvalue weighted by Gasteiger charge is -2.07. The molecule has 7 heteroatoms. The zero-order chi connectivity index (χ0) is 20.1. The van der Waals surface area contributed by atoms with Crippen LogP contribution in [0.25, 0.3) is 17.4 Å². The van der Waals surface area contributed by atoms with Crippen molar-refractivity contribution in [3.05, 3.63) is 82.8 Å². The lowest BCUT2D eigenvalue weighted by atomic mass is 10.1. The highest BCUT2D eigenvalue weighted by Gasteiger charge is 2.06. The number of nitrogens with one attached hydrogen (secondary N) is 2. The molecule has 0 fully saturated rings. The highest BCUT2D eigenvalue weighted by molar-refractivity contribution is 7.80. The van der Waals surface area contributed by atoms with E-state index in [1.807, 2.05) is 25.1 Å². The van der Waals surface area contributed by atoms with E-state index in [0.29, 0.717) is 22.2 Å². The van der Waals surface area contributed by atoms with Crippen molar-refractivity contribution >= 4 is 46.6 Å². The molecular formula is C21H16ClFN2O2S. The second-order valence-corrected chi connectivity index (χ2v) is 6.77. The number of hydrogen-bond acceptors (Lipinski definition) is 3. The topological polar surface area (TPSA) is 54.3 Å². The fourth-order valence-electron chi connectivity index (χ4n) is 2.35. The smallest absolute Gasteiger partial charge is 0.250 e. The summed E-state index contributed by atoms with van der Waals surface area (Å²) in [6, 6.07) is 14.8. The molecule has 0 unspecified atom stereocenters. The number of halogens is 2. The predicted octanol–water partition coefficient (Wildman–Crippen LogP) is 5.57. The van der Waals surface area contributed by atoms with Crippen LogP contribution in [0.4, 0.5) is 10.1 Å². The van der Waals surface area contributed by atoms with Crippen molar-refractivity contribution in [1.29, 1.82) is 0 Å². The van der Waals surface area contributed by atoms with Crippen LogP contribution in [-0.4, -0.2) is 11.0 Å². The Morgan fingerprint density at radius 1 is 1.14 bits per heavy atom. The van der Waals surface area contributed by atoms with E-state index in [0.717, 1.165) is 11.1 Å². The summed E-state index contributed by atoms with van der Waals surface area (Å²) in [6.45, 7) is 1.93. The molecule has 3 rings (SSSR count). The largest absolute Gasteiger partial charge is 0.457 e. The lowest BCUT2D eigenvalue weighted by Crippen LogP contribution is -2.32. The number of carbonyl (C=O) groups is 1. The Bertz CT molecular complexity index is 1040. The second kappa shape index (κ2) is 8.82. The maximum atomic E-state index is 12.9. The first-order valence-electron chi connectivity index (χ1n) is 8.33. The number of furan rings is 1. The van der Waals surface area contributed by atoms with Gasteiger partial charge in [-0.05, 0) is 73.2 Å². The Labute approximate surface area is 172 Å². The Kier molecular flexibility index (Phi) is 6.23. The van der Waals surface area contributed by atoms with Gasteiger partial charge in [0.15, 0.2) is 5.11 Å². The number of benzene rings is 2. The molecule has 0 bridgehead atoms. The summed E-state index contributed by atoms with van der Waals surface area (Å²) in [5, 5.41) is 6.07. The minimum absolute atomic E-state index is 0.107. The van der Waals surface area contributed by atoms with Crippen LogP contribution in [0.1, 0.15) is 11.3 Å². The van der Waals surface area contributed by atoms with Crippen LogP contribution in [0, 0.1) is 12.7 Å². The van der Waals surface area contributed by atoms with Crippen molar-refractivity contribution in [1.82, 2.24) is 5.32 Å². The zero-order valence-corrected chi connectivity index (χ0v) is 16.4. The second-order valence-electron chi connectivity index (χ2n) is 5.95. The van der Waals surface area contributed by atoms with Crippen LogP contribution in [0.2, 0.25) is 5.02 Å². The number of aryl methyl sites for hydroxylation is 1. The number of anilines is 1. The fourth-order valence-corrected chi connectivity index (χ4v) is 2.75. The summed E-state index contributed by atoms with van der Waals surface area (Å²) in [5.41, 5.74) is 2.41. The number of amides is 1. The van der Waals surface area contributed by atoms with Gasteiger partial charge < -0.3 is 9.73 Å². The minimum atomic E-state index is -0.420. The Hall–Kier alpha value is -2.96. The first-order valence-corrected chi connectivity index (χ1v) is 9.11. The van der Waals surface area contributed by atoms with Crippen LogP contribution in [0.5, 0.6) is 0 Å². The summed E-state index contributed by atoms with van der Waals surface area (Å²) < 4.78 is 18.6. The van der Waals surface area contributed by atoms with Gasteiger partial charge in [0.2, 0.25) is 5.91 Å². The number of hydrogen-bond donors (Lipinski definition) is 2. The van der Waals surface area contributed by atoms with Crippen LogP contribution in [0.15, 0.2) is 65.1 Å². The van der Waals surface area contributed by atoms with E-state index in [1.165, 1.54) is 36.4 Å². The number of thiocarbonyl (C=S) groups is 1. The van der Waals surface area contributed by atoms with Gasteiger partial charge in [-0.3, -0.25) is 10.1 Å². The molecule has 0 saturated heterocycles. The molecule has 2 N–H and O–H groups in total. The predicted molar refractivity (Wildman–Crippen MR) is 114 cm³/mol. The quantitative estimate of drug-likeness (QED) is 0.432. The first-order chi connectivity index (χ1) is 13.4. The number of rotatable bonds is 4. The lowest BCUT2D eigenvalue weighted by molar-refractivity contribution is -0.115. The van der Waals surface area contributed by atoms with Crippen LogP contribution in [-0.2, 0) is 4.79 Å². The van der Waals surface area contributed by atoms with Gasteiger partial charge in [-0.15, -0.1) is 0 Å². The molecule has 0 aliphatic rings. The average Bonchev–Trinajstić information content (AvgIpc) is 3.13. The maximum absolute atomic E-state index is 12.9. The molecule has 0 radical (unpaired) electrons. The van der Waals surface area contributed by atoms with E-state index in [-0.39, 0.29) is 10.9 Å². The first kappa shape index (κ1) is 19.8. The van der Waals surface area contributed by atoms with E-state index in [2.05, 4.69) is 10.6 Å². The molecule has 1 aromatic heterocycles. The Morgan fingerprint density at radius 3 is 2.61 bits per heavy atom. The van der Waals surface area contributed by atoms with E-state index >= 15 is 0 Å². The molecular weight excluding hydrogens is 399 g/mol. The third-order valence-electron chi connectivity index (χ3n) is 3.82. The Morgan fingerprint density at radius 2 is 1.89 bits per heavy atom. The molecule has 1 amide bonds. The zero-order valence-electron chi connectivity index (χ0n) is 14.8. The van der Waals surface area contributed by atoms with Crippen LogP contribution in [0.3, 0.4) is 0 Å². The van der Waals surface area contributed by atoms with E-state index in [1.54, 1.807) is 12.1 Å². The summed E-state index contributed by atoms with van der Waals surface area (Å²) in [7, 11) is 0. The minimum Gasteiger partial charge on any atom is -0.457 e. The van der Waals surface area contributed by atoms with Gasteiger partial charge in [-0.1, -0.05) is 23.7 Å². The summed E-state index contributed by atoms with van der Waals surface area (Å²) in [6.07, 6.45) is 2.85. The van der Waals surface area contributed by atoms with Crippen molar-refractivity contribution in [3.63, 3.8) is 0 Å². The van der Waals surface area contributed by atoms with Crippen molar-refractivity contribution < 1.29 is 13.6 Å². The van der Waals surface area contributed by atoms with Gasteiger partial charge in [0.1, 0.15) is 17.3 Å². The molecule has 4 nitrogen and oxygen atoms in total. The van der Waals surface area contributed by atoms with Crippen molar-refractivity contribution in [3.8, 4) is 11.3 Å². The van der Waals surface area contributed by atoms with Gasteiger partial charge in [0.25, 0.3) is 0 Å². The molecule has 2 aromatic carbocycles. The van der Waals surface area contributed by atoms with Crippen molar-refractivity contribution in [2.75, 3.05) is 5.32 Å². The number of carbonyl (C=O) groups excluding carboxylic acids is 1. The van der Waals surface area contributed by atoms with Gasteiger partial charge in [0, 0.05) is 22.3 Å². The normalized spacial score (nSPS) is 10.8. The van der Waals surface area contributed by atoms with E-state index < -0.39 is 5.91 Å². The molecule has 0 spiro atoms. The molecule has 142 valence electrons. The third-order valence-corrected chi connectivity index (χ3v) is 4.43. The van der Waals surface area contributed by atoms with Gasteiger partial charge in [-0.25, -0.2) is 4.39 Å². The van der Waals surface area contributed by atoms with Gasteiger partial charge >= 0.3 is 0 Å². The summed E-state index contributed by atoms with van der Waals surface area (Å²) >= 11 is 11.2. The molecule has 0 atom stereocenters. The highest BCUT2D eigenvalue weighted by atomic mass is 35.5. The van der Waals surface area contributed by atoms with Crippen LogP contribution >= 0.6 is 23.8 Å². The summed E-state index contributed by atoms with van der Waals surface area (Å²) in [5.74, 6) is 0.389. The SMILES string of the molecule is Cc1ccc(-c2ccc(/C=C/C(=O)NC(=S)Nc3ccc(F)cc3)o2)cc1Cl. The molecule has 1 heterocycles. The van der Waals surface area contributed by atoms with Crippen molar-refractivity contribution in [2.45, 2.75) is 6.92 Å². The van der Waals surface area contributed by atoms with Crippen molar-refractivity contribution in [2.24, 2.45) is 0 Å². The highest BCUT2D eigenvalue weighted by Crippen LogP contribution is 2.27. The maximum Gasteiger partial charge on any atom is 0.250 e. The van der Waals surface area contributed by atoms with Gasteiger partial charge in [0.05, 0.1) is 0 Å². The molecule has 3 aromatic rings. The fraction of sp³-hybridized carbons (Fsp3) is 0.0476. The molecule has 0 aliphatic carbocycles. The molecule has 28 heavy (non-hydrogen) atoms. The van der Waals surface area contributed by atoms with Crippen LogP contribution < -0.4 is 10.6 Å². The Balaban J connectivity index is 1.58. The molecule has 0 saturated carbocycles. The van der Waals surface area contributed by atoms with E-state index in [4.69, 9.17) is 28.2 Å². The monoisotopic (exact) mass is 414 g/mol. The average molecular weight is 415 g/mol. The standard InChI is InChI=1S/C21H16ClFN2O2S/c1-13-2-3-14(12-18(13)22)19-10-8-17(27-19)9-11-20(26)25-21(28)24-16-6-4-15(23)5-7-16/h2-12H,1H3,(H2,24,25,26,28)/b11-9+.